The van der Waals surface area contributed by atoms with Crippen molar-refractivity contribution < 1.29 is 8.42 Å². The first-order chi connectivity index (χ1) is 12.3. The van der Waals surface area contributed by atoms with Gasteiger partial charge in [-0.25, -0.2) is 8.42 Å². The maximum atomic E-state index is 11.3. The molecule has 0 saturated carbocycles. The van der Waals surface area contributed by atoms with E-state index in [1.807, 2.05) is 13.0 Å². The van der Waals surface area contributed by atoms with Crippen LogP contribution in [-0.4, -0.2) is 57.5 Å². The number of benzene rings is 1. The lowest BCUT2D eigenvalue weighted by atomic mass is 10.1. The van der Waals surface area contributed by atoms with E-state index in [4.69, 9.17) is 0 Å². The Morgan fingerprint density at radius 2 is 1.78 bits per heavy atom. The zero-order valence-corrected chi connectivity index (χ0v) is 20.3. The van der Waals surface area contributed by atoms with Gasteiger partial charge in [-0.15, -0.1) is 24.0 Å². The van der Waals surface area contributed by atoms with Gasteiger partial charge >= 0.3 is 0 Å². The molecule has 2 N–H and O–H groups in total. The Kier molecular flexibility index (Phi) is 12.9. The Morgan fingerprint density at radius 1 is 1.19 bits per heavy atom. The van der Waals surface area contributed by atoms with E-state index < -0.39 is 9.84 Å². The number of aliphatic imine (C=N–C) groups is 1. The van der Waals surface area contributed by atoms with E-state index in [2.05, 4.69) is 52.6 Å². The lowest BCUT2D eigenvalue weighted by Gasteiger charge is -2.21. The van der Waals surface area contributed by atoms with Crippen LogP contribution in [0.5, 0.6) is 0 Å². The highest BCUT2D eigenvalue weighted by atomic mass is 127. The van der Waals surface area contributed by atoms with Gasteiger partial charge in [0.15, 0.2) is 5.96 Å². The topological polar surface area (TPSA) is 73.8 Å². The Labute approximate surface area is 182 Å². The van der Waals surface area contributed by atoms with Crippen molar-refractivity contribution in [1.29, 1.82) is 0 Å². The van der Waals surface area contributed by atoms with Crippen LogP contribution in [0.3, 0.4) is 0 Å². The fourth-order valence-electron chi connectivity index (χ4n) is 2.64. The number of hydrogen-bond acceptors (Lipinski definition) is 4. The highest BCUT2D eigenvalue weighted by molar-refractivity contribution is 14.0. The van der Waals surface area contributed by atoms with E-state index >= 15 is 0 Å². The molecule has 1 atom stereocenters. The van der Waals surface area contributed by atoms with Crippen molar-refractivity contribution in [2.45, 2.75) is 46.3 Å². The molecule has 27 heavy (non-hydrogen) atoms. The van der Waals surface area contributed by atoms with Crippen molar-refractivity contribution in [3.8, 4) is 0 Å². The molecule has 1 aromatic carbocycles. The summed E-state index contributed by atoms with van der Waals surface area (Å²) in [5.41, 5.74) is 2.55. The van der Waals surface area contributed by atoms with Gasteiger partial charge in [-0.3, -0.25) is 9.89 Å². The molecule has 1 aromatic rings. The molecular weight excluding hydrogens is 475 g/mol. The molecule has 0 radical (unpaired) electrons. The van der Waals surface area contributed by atoms with Crippen LogP contribution in [0.2, 0.25) is 0 Å². The number of halogens is 1. The molecule has 0 spiro atoms. The van der Waals surface area contributed by atoms with Crippen molar-refractivity contribution in [2.24, 2.45) is 4.99 Å². The van der Waals surface area contributed by atoms with Crippen LogP contribution < -0.4 is 10.6 Å². The minimum absolute atomic E-state index is 0. The zero-order chi connectivity index (χ0) is 19.6. The van der Waals surface area contributed by atoms with Crippen LogP contribution in [0.15, 0.2) is 29.3 Å². The summed E-state index contributed by atoms with van der Waals surface area (Å²) in [6.45, 7) is 9.98. The SMILES string of the molecule is CCN(CC)Cc1ccccc1CNC(=NC)NC(C)CCS(C)(=O)=O.I. The van der Waals surface area contributed by atoms with Crippen molar-refractivity contribution in [3.63, 3.8) is 0 Å². The lowest BCUT2D eigenvalue weighted by Crippen LogP contribution is -2.42. The monoisotopic (exact) mass is 510 g/mol. The minimum Gasteiger partial charge on any atom is -0.354 e. The maximum absolute atomic E-state index is 11.3. The Morgan fingerprint density at radius 3 is 2.30 bits per heavy atom. The second kappa shape index (κ2) is 13.3. The van der Waals surface area contributed by atoms with Crippen LogP contribution in [0.1, 0.15) is 38.3 Å². The smallest absolute Gasteiger partial charge is 0.191 e. The van der Waals surface area contributed by atoms with Gasteiger partial charge in [-0.05, 0) is 37.6 Å². The fourth-order valence-corrected chi connectivity index (χ4v) is 3.42. The van der Waals surface area contributed by atoms with E-state index in [9.17, 15) is 8.42 Å². The van der Waals surface area contributed by atoms with Crippen LogP contribution in [0.4, 0.5) is 0 Å². The largest absolute Gasteiger partial charge is 0.354 e. The second-order valence-electron chi connectivity index (χ2n) is 6.62. The van der Waals surface area contributed by atoms with E-state index in [1.54, 1.807) is 7.05 Å². The van der Waals surface area contributed by atoms with Crippen LogP contribution in [0.25, 0.3) is 0 Å². The maximum Gasteiger partial charge on any atom is 0.191 e. The fraction of sp³-hybridized carbons (Fsp3) is 0.632. The number of nitrogens with zero attached hydrogens (tertiary/aromatic N) is 2. The molecule has 8 heteroatoms. The first-order valence-electron chi connectivity index (χ1n) is 9.23. The average molecular weight is 510 g/mol. The molecule has 156 valence electrons. The van der Waals surface area contributed by atoms with Crippen LogP contribution in [0, 0.1) is 0 Å². The quantitative estimate of drug-likeness (QED) is 0.288. The van der Waals surface area contributed by atoms with Gasteiger partial charge < -0.3 is 10.6 Å². The molecule has 0 amide bonds. The number of rotatable bonds is 10. The summed E-state index contributed by atoms with van der Waals surface area (Å²) in [4.78, 5) is 6.63. The number of hydrogen-bond donors (Lipinski definition) is 2. The third-order valence-corrected chi connectivity index (χ3v) is 5.36. The van der Waals surface area contributed by atoms with Crippen molar-refractivity contribution in [3.05, 3.63) is 35.4 Å². The summed E-state index contributed by atoms with van der Waals surface area (Å²) in [6, 6.07) is 8.45. The molecule has 0 aromatic heterocycles. The van der Waals surface area contributed by atoms with E-state index in [0.717, 1.165) is 19.6 Å². The van der Waals surface area contributed by atoms with Crippen LogP contribution in [-0.2, 0) is 22.9 Å². The van der Waals surface area contributed by atoms with Gasteiger partial charge in [-0.1, -0.05) is 38.1 Å². The van der Waals surface area contributed by atoms with E-state index in [1.165, 1.54) is 17.4 Å². The highest BCUT2D eigenvalue weighted by Gasteiger charge is 2.10. The molecule has 1 rings (SSSR count). The normalized spacial score (nSPS) is 13.2. The van der Waals surface area contributed by atoms with E-state index in [-0.39, 0.29) is 35.8 Å². The standard InChI is InChI=1S/C19H34N4O2S.HI/c1-6-23(7-2)15-18-11-9-8-10-17(18)14-21-19(20-4)22-16(3)12-13-26(5,24)25;/h8-11,16H,6-7,12-15H2,1-5H3,(H2,20,21,22);1H. The minimum atomic E-state index is -2.94. The summed E-state index contributed by atoms with van der Waals surface area (Å²) in [5, 5.41) is 6.59. The van der Waals surface area contributed by atoms with Gasteiger partial charge in [0.2, 0.25) is 0 Å². The summed E-state index contributed by atoms with van der Waals surface area (Å²) in [7, 11) is -1.22. The molecule has 6 nitrogen and oxygen atoms in total. The highest BCUT2D eigenvalue weighted by Crippen LogP contribution is 2.11. The third kappa shape index (κ3) is 10.9. The number of sulfone groups is 1. The molecule has 0 heterocycles. The van der Waals surface area contributed by atoms with Crippen molar-refractivity contribution in [1.82, 2.24) is 15.5 Å². The first-order valence-corrected chi connectivity index (χ1v) is 11.3. The predicted molar refractivity (Wildman–Crippen MR) is 126 cm³/mol. The lowest BCUT2D eigenvalue weighted by molar-refractivity contribution is 0.295. The summed E-state index contributed by atoms with van der Waals surface area (Å²) >= 11 is 0. The average Bonchev–Trinajstić information content (AvgIpc) is 2.61. The van der Waals surface area contributed by atoms with E-state index in [0.29, 0.717) is 18.9 Å². The number of nitrogens with one attached hydrogen (secondary N) is 2. The predicted octanol–water partition coefficient (Wildman–Crippen LogP) is 2.63. The molecule has 0 aliphatic rings. The summed E-state index contributed by atoms with van der Waals surface area (Å²) < 4.78 is 22.6. The molecule has 0 aliphatic carbocycles. The molecule has 0 aliphatic heterocycles. The Balaban J connectivity index is 0.00000676. The second-order valence-corrected chi connectivity index (χ2v) is 8.88. The molecule has 1 unspecified atom stereocenters. The van der Waals surface area contributed by atoms with Crippen molar-refractivity contribution in [2.75, 3.05) is 32.1 Å². The van der Waals surface area contributed by atoms with Gasteiger partial charge in [-0.2, -0.15) is 0 Å². The van der Waals surface area contributed by atoms with Crippen molar-refractivity contribution >= 4 is 39.8 Å². The number of guanidine groups is 1. The molecule has 0 saturated heterocycles. The van der Waals surface area contributed by atoms with Gasteiger partial charge in [0.1, 0.15) is 9.84 Å². The van der Waals surface area contributed by atoms with Crippen LogP contribution >= 0.6 is 24.0 Å². The summed E-state index contributed by atoms with van der Waals surface area (Å²) in [6.07, 6.45) is 1.82. The van der Waals surface area contributed by atoms with Gasteiger partial charge in [0.05, 0.1) is 5.75 Å². The van der Waals surface area contributed by atoms with Gasteiger partial charge in [0.25, 0.3) is 0 Å². The first kappa shape index (κ1) is 26.1. The summed E-state index contributed by atoms with van der Waals surface area (Å²) in [5.74, 6) is 0.855. The third-order valence-electron chi connectivity index (χ3n) is 4.38. The Hall–Kier alpha value is -0.870. The van der Waals surface area contributed by atoms with Gasteiger partial charge in [0, 0.05) is 32.4 Å². The molecule has 0 fully saturated rings. The zero-order valence-electron chi connectivity index (χ0n) is 17.2. The molecule has 0 bridgehead atoms. The molecular formula is C19H35IN4O2S. The Bertz CT molecular complexity index is 676.